The molecule has 0 unspecified atom stereocenters. The first kappa shape index (κ1) is 19.0. The minimum Gasteiger partial charge on any atom is -0.481 e. The summed E-state index contributed by atoms with van der Waals surface area (Å²) in [7, 11) is 0. The van der Waals surface area contributed by atoms with Crippen LogP contribution in [-0.2, 0) is 18.1 Å². The van der Waals surface area contributed by atoms with Gasteiger partial charge in [0.05, 0.1) is 12.8 Å². The Labute approximate surface area is 105 Å². The SMILES string of the molecule is C[As](C)(=O)O.O=C(O)CC(O)(CC(=O)O)C(=O)O. The Bertz CT molecular complexity index is 344. The quantitative estimate of drug-likeness (QED) is 0.391. The van der Waals surface area contributed by atoms with Crippen LogP contribution in [0.3, 0.4) is 0 Å². The predicted octanol–water partition coefficient (Wildman–Crippen LogP) is -1.14. The second kappa shape index (κ2) is 7.20. The number of rotatable bonds is 5. The normalized spacial score (nSPS) is 11.1. The van der Waals surface area contributed by atoms with Gasteiger partial charge in [-0.3, -0.25) is 9.59 Å². The van der Waals surface area contributed by atoms with Crippen LogP contribution in [0.5, 0.6) is 0 Å². The van der Waals surface area contributed by atoms with Crippen molar-refractivity contribution in [2.24, 2.45) is 0 Å². The number of carboxylic acid groups (broad SMARTS) is 3. The third-order valence-electron chi connectivity index (χ3n) is 1.29. The average molecular weight is 330 g/mol. The van der Waals surface area contributed by atoms with Gasteiger partial charge in [-0.05, 0) is 0 Å². The Morgan fingerprint density at radius 2 is 1.22 bits per heavy atom. The van der Waals surface area contributed by atoms with E-state index in [1.54, 1.807) is 0 Å². The molecule has 0 aliphatic rings. The van der Waals surface area contributed by atoms with Crippen LogP contribution < -0.4 is 0 Å². The van der Waals surface area contributed by atoms with Crippen molar-refractivity contribution in [1.29, 1.82) is 0 Å². The zero-order chi connectivity index (χ0) is 15.1. The summed E-state index contributed by atoms with van der Waals surface area (Å²) < 4.78 is 18.0. The summed E-state index contributed by atoms with van der Waals surface area (Å²) >= 11 is -3.12. The fourth-order valence-electron chi connectivity index (χ4n) is 0.714. The molecule has 0 rings (SSSR count). The molecule has 0 spiro atoms. The number of hydrogen-bond acceptors (Lipinski definition) is 5. The summed E-state index contributed by atoms with van der Waals surface area (Å²) in [5.41, 5.74) is -0.0197. The second-order valence-corrected chi connectivity index (χ2v) is 9.20. The molecular formula is C8H15AsO9. The van der Waals surface area contributed by atoms with Crippen molar-refractivity contribution in [3.63, 3.8) is 0 Å². The van der Waals surface area contributed by atoms with Gasteiger partial charge in [0, 0.05) is 0 Å². The summed E-state index contributed by atoms with van der Waals surface area (Å²) in [6.45, 7) is 0. The summed E-state index contributed by atoms with van der Waals surface area (Å²) in [6, 6.07) is 0. The molecule has 106 valence electrons. The van der Waals surface area contributed by atoms with Gasteiger partial charge < -0.3 is 20.4 Å². The van der Waals surface area contributed by atoms with Gasteiger partial charge in [-0.1, -0.05) is 0 Å². The molecular weight excluding hydrogens is 315 g/mol. The van der Waals surface area contributed by atoms with Crippen LogP contribution in [0, 0.1) is 0 Å². The minimum absolute atomic E-state index is 1.14. The Balaban J connectivity index is 0. The predicted molar refractivity (Wildman–Crippen MR) is 57.5 cm³/mol. The molecule has 0 bridgehead atoms. The van der Waals surface area contributed by atoms with Crippen LogP contribution in [0.1, 0.15) is 12.8 Å². The van der Waals surface area contributed by atoms with E-state index in [0.717, 1.165) is 0 Å². The largest absolute Gasteiger partial charge is 0.481 e. The Kier molecular flexibility index (Phi) is 7.61. The first-order chi connectivity index (χ1) is 7.78. The fourth-order valence-corrected chi connectivity index (χ4v) is 0.714. The molecule has 0 aliphatic carbocycles. The zero-order valence-corrected chi connectivity index (χ0v) is 11.6. The van der Waals surface area contributed by atoms with Gasteiger partial charge in [0.2, 0.25) is 0 Å². The zero-order valence-electron chi connectivity index (χ0n) is 9.73. The fraction of sp³-hybridized carbons (Fsp3) is 0.625. The van der Waals surface area contributed by atoms with Gasteiger partial charge in [-0.2, -0.15) is 0 Å². The third-order valence-corrected chi connectivity index (χ3v) is 1.29. The number of carbonyl (C=O) groups is 3. The average Bonchev–Trinajstić information content (AvgIpc) is 1.95. The molecule has 10 heteroatoms. The first-order valence-electron chi connectivity index (χ1n) is 4.45. The van der Waals surface area contributed by atoms with E-state index in [0.29, 0.717) is 0 Å². The van der Waals surface area contributed by atoms with E-state index in [4.69, 9.17) is 24.5 Å². The monoisotopic (exact) mass is 330 g/mol. The van der Waals surface area contributed by atoms with E-state index in [2.05, 4.69) is 0 Å². The molecule has 18 heavy (non-hydrogen) atoms. The first-order valence-corrected chi connectivity index (χ1v) is 9.81. The van der Waals surface area contributed by atoms with Crippen molar-refractivity contribution in [2.75, 3.05) is 0 Å². The van der Waals surface area contributed by atoms with Crippen molar-refractivity contribution < 1.29 is 42.6 Å². The molecule has 5 N–H and O–H groups in total. The van der Waals surface area contributed by atoms with Gasteiger partial charge in [0.15, 0.2) is 5.60 Å². The van der Waals surface area contributed by atoms with Crippen molar-refractivity contribution in [3.05, 3.63) is 0 Å². The van der Waals surface area contributed by atoms with Crippen molar-refractivity contribution in [1.82, 2.24) is 0 Å². The van der Waals surface area contributed by atoms with E-state index in [-0.39, 0.29) is 0 Å². The van der Waals surface area contributed by atoms with Crippen LogP contribution in [0.2, 0.25) is 11.4 Å². The second-order valence-electron chi connectivity index (χ2n) is 3.77. The molecule has 0 radical (unpaired) electrons. The van der Waals surface area contributed by atoms with Crippen LogP contribution >= 0.6 is 0 Å². The summed E-state index contributed by atoms with van der Waals surface area (Å²) in [4.78, 5) is 30.5. The maximum atomic E-state index is 10.3. The van der Waals surface area contributed by atoms with Crippen LogP contribution in [-0.4, -0.2) is 61.9 Å². The molecule has 9 nitrogen and oxygen atoms in total. The molecule has 0 heterocycles. The van der Waals surface area contributed by atoms with E-state index >= 15 is 0 Å². The molecule has 0 amide bonds. The third kappa shape index (κ3) is 12.8. The molecule has 0 atom stereocenters. The van der Waals surface area contributed by atoms with Crippen molar-refractivity contribution >= 4 is 31.7 Å². The van der Waals surface area contributed by atoms with E-state index in [1.807, 2.05) is 0 Å². The van der Waals surface area contributed by atoms with Crippen molar-refractivity contribution in [2.45, 2.75) is 29.9 Å². The summed E-state index contributed by atoms with van der Waals surface area (Å²) in [6.07, 6.45) is -2.29. The topological polar surface area (TPSA) is 169 Å². The maximum Gasteiger partial charge on any atom is 0.336 e. The molecule has 0 saturated carbocycles. The smallest absolute Gasteiger partial charge is 0.336 e. The number of hydrogen-bond donors (Lipinski definition) is 5. The molecule has 0 aromatic rings. The number of carboxylic acids is 3. The maximum absolute atomic E-state index is 10.3. The van der Waals surface area contributed by atoms with Gasteiger partial charge in [0.1, 0.15) is 0 Å². The van der Waals surface area contributed by atoms with Crippen LogP contribution in [0.4, 0.5) is 0 Å². The Hall–Kier alpha value is -1.31. The van der Waals surface area contributed by atoms with Gasteiger partial charge >= 0.3 is 51.0 Å². The molecule has 0 aromatic carbocycles. The van der Waals surface area contributed by atoms with E-state index in [1.165, 1.54) is 11.4 Å². The minimum atomic E-state index is -3.12. The number of aliphatic carboxylic acids is 3. The van der Waals surface area contributed by atoms with E-state index < -0.39 is 50.2 Å². The summed E-state index contributed by atoms with van der Waals surface area (Å²) in [5, 5.41) is 33.8. The Morgan fingerprint density at radius 1 is 1.00 bits per heavy atom. The van der Waals surface area contributed by atoms with E-state index in [9.17, 15) is 18.1 Å². The molecule has 0 aliphatic heterocycles. The molecule has 0 saturated heterocycles. The Morgan fingerprint density at radius 3 is 1.33 bits per heavy atom. The van der Waals surface area contributed by atoms with Gasteiger partial charge in [-0.25, -0.2) is 4.79 Å². The van der Waals surface area contributed by atoms with Gasteiger partial charge in [0.25, 0.3) is 0 Å². The summed E-state index contributed by atoms with van der Waals surface area (Å²) in [5.74, 6) is -5.02. The number of aliphatic hydroxyl groups is 1. The van der Waals surface area contributed by atoms with Crippen LogP contribution in [0.25, 0.3) is 0 Å². The standard InChI is InChI=1S/C6H8O7.C2H7AsO2/c7-3(8)1-6(13,5(11)12)2-4(9)10;1-3(2,4)5/h13H,1-2H2,(H,7,8)(H,9,10)(H,11,12);1-2H3,(H,4,5). The molecule has 0 fully saturated rings. The van der Waals surface area contributed by atoms with Gasteiger partial charge in [-0.15, -0.1) is 0 Å². The van der Waals surface area contributed by atoms with Crippen molar-refractivity contribution in [3.8, 4) is 0 Å². The molecule has 0 aromatic heterocycles. The van der Waals surface area contributed by atoms with Crippen LogP contribution in [0.15, 0.2) is 0 Å².